The van der Waals surface area contributed by atoms with Gasteiger partial charge in [0.1, 0.15) is 6.10 Å². The number of hydrogen-bond donors (Lipinski definition) is 1. The third-order valence-electron chi connectivity index (χ3n) is 8.45. The number of rotatable bonds is 8. The number of allylic oxidation sites excluding steroid dienone is 3. The van der Waals surface area contributed by atoms with Crippen molar-refractivity contribution in [3.8, 4) is 0 Å². The first-order chi connectivity index (χ1) is 18.5. The van der Waals surface area contributed by atoms with E-state index in [1.165, 1.54) is 11.6 Å². The van der Waals surface area contributed by atoms with Gasteiger partial charge in [-0.1, -0.05) is 23.8 Å². The fourth-order valence-corrected chi connectivity index (χ4v) is 6.09. The Morgan fingerprint density at radius 3 is 2.46 bits per heavy atom. The Morgan fingerprint density at radius 2 is 1.79 bits per heavy atom. The second-order valence-corrected chi connectivity index (χ2v) is 12.8. The van der Waals surface area contributed by atoms with Gasteiger partial charge in [0, 0.05) is 51.1 Å². The first-order valence-corrected chi connectivity index (χ1v) is 14.8. The average molecular weight is 544 g/mol. The maximum absolute atomic E-state index is 12.4. The van der Waals surface area contributed by atoms with E-state index in [2.05, 4.69) is 49.2 Å². The van der Waals surface area contributed by atoms with Crippen LogP contribution in [-0.4, -0.2) is 91.1 Å². The van der Waals surface area contributed by atoms with Crippen molar-refractivity contribution in [2.45, 2.75) is 102 Å². The molecule has 0 aromatic heterocycles. The second kappa shape index (κ2) is 13.0. The lowest BCUT2D eigenvalue weighted by Crippen LogP contribution is -2.47. The summed E-state index contributed by atoms with van der Waals surface area (Å²) in [6.07, 6.45) is 16.5. The number of piperazine rings is 1. The summed E-state index contributed by atoms with van der Waals surface area (Å²) in [7, 11) is 2.05. The minimum Gasteiger partial charge on any atom is -0.442 e. The van der Waals surface area contributed by atoms with E-state index in [1.807, 2.05) is 7.05 Å². The summed E-state index contributed by atoms with van der Waals surface area (Å²) in [5.41, 5.74) is 1.19. The van der Waals surface area contributed by atoms with Crippen molar-refractivity contribution < 1.29 is 23.8 Å². The summed E-state index contributed by atoms with van der Waals surface area (Å²) < 4.78 is 17.5. The molecule has 3 saturated heterocycles. The monoisotopic (exact) mass is 543 g/mol. The molecular formula is C31H49N3O5. The molecule has 3 aliphatic heterocycles. The summed E-state index contributed by atoms with van der Waals surface area (Å²) in [5.74, 6) is 0.535. The molecule has 2 amide bonds. The van der Waals surface area contributed by atoms with E-state index in [0.29, 0.717) is 19.0 Å². The molecule has 3 atom stereocenters. The van der Waals surface area contributed by atoms with Gasteiger partial charge >= 0.3 is 6.09 Å². The predicted octanol–water partition coefficient (Wildman–Crippen LogP) is 4.61. The number of nitrogens with one attached hydrogen (secondary N) is 1. The number of carbonyl (C=O) groups excluding carboxylic acids is 2. The Bertz CT molecular complexity index is 932. The van der Waals surface area contributed by atoms with Crippen molar-refractivity contribution in [1.29, 1.82) is 0 Å². The topological polar surface area (TPSA) is 83.6 Å². The van der Waals surface area contributed by atoms with Gasteiger partial charge in [-0.25, -0.2) is 4.79 Å². The summed E-state index contributed by atoms with van der Waals surface area (Å²) in [6.45, 7) is 12.2. The molecule has 3 heterocycles. The van der Waals surface area contributed by atoms with E-state index in [4.69, 9.17) is 14.2 Å². The van der Waals surface area contributed by atoms with Crippen LogP contribution in [0.5, 0.6) is 0 Å². The molecule has 0 bridgehead atoms. The highest BCUT2D eigenvalue weighted by molar-refractivity contribution is 5.87. The number of epoxide rings is 1. The van der Waals surface area contributed by atoms with Crippen molar-refractivity contribution in [3.63, 3.8) is 0 Å². The molecule has 218 valence electrons. The number of carbonyl (C=O) groups is 2. The zero-order valence-corrected chi connectivity index (χ0v) is 24.6. The molecule has 1 N–H and O–H groups in total. The number of likely N-dealkylation sites (N-methyl/N-ethyl adjacent to an activating group) is 1. The van der Waals surface area contributed by atoms with E-state index in [0.717, 1.165) is 64.6 Å². The molecule has 1 spiro atoms. The van der Waals surface area contributed by atoms with E-state index in [9.17, 15) is 9.59 Å². The first-order valence-electron chi connectivity index (χ1n) is 14.8. The smallest absolute Gasteiger partial charge is 0.410 e. The van der Waals surface area contributed by atoms with Crippen LogP contribution in [0.25, 0.3) is 0 Å². The van der Waals surface area contributed by atoms with E-state index < -0.39 is 6.10 Å². The van der Waals surface area contributed by atoms with Crippen LogP contribution in [0.4, 0.5) is 4.79 Å². The lowest BCUT2D eigenvalue weighted by Gasteiger charge is -2.38. The lowest BCUT2D eigenvalue weighted by atomic mass is 9.83. The normalized spacial score (nSPS) is 32.5. The second-order valence-electron chi connectivity index (χ2n) is 12.8. The van der Waals surface area contributed by atoms with E-state index in [-0.39, 0.29) is 35.3 Å². The number of nitrogens with zero attached hydrogens (tertiary/aromatic N) is 2. The predicted molar refractivity (Wildman–Crippen MR) is 152 cm³/mol. The SMILES string of the molecule is CC(/C=C/[C@@H]1C[C@]2(CO2)CC(C)(C)O1)=C\CC1CCC(NC(=O)/C=C\[C@H](C)OC(=O)N2CCN(C)CC2)CC1. The van der Waals surface area contributed by atoms with Crippen LogP contribution in [0, 0.1) is 5.92 Å². The highest BCUT2D eigenvalue weighted by atomic mass is 16.6. The molecule has 0 unspecified atom stereocenters. The first kappa shape index (κ1) is 29.8. The van der Waals surface area contributed by atoms with Crippen LogP contribution in [0.3, 0.4) is 0 Å². The Hall–Kier alpha value is -2.16. The third-order valence-corrected chi connectivity index (χ3v) is 8.45. The van der Waals surface area contributed by atoms with Gasteiger partial charge in [-0.15, -0.1) is 0 Å². The Balaban J connectivity index is 1.11. The van der Waals surface area contributed by atoms with Crippen molar-refractivity contribution in [2.75, 3.05) is 39.8 Å². The molecule has 1 saturated carbocycles. The molecule has 4 aliphatic rings. The highest BCUT2D eigenvalue weighted by Gasteiger charge is 2.53. The molecule has 39 heavy (non-hydrogen) atoms. The third kappa shape index (κ3) is 9.47. The van der Waals surface area contributed by atoms with Gasteiger partial charge in [0.05, 0.1) is 23.9 Å². The van der Waals surface area contributed by atoms with Gasteiger partial charge in [-0.05, 0) is 78.8 Å². The van der Waals surface area contributed by atoms with Crippen molar-refractivity contribution in [1.82, 2.24) is 15.1 Å². The van der Waals surface area contributed by atoms with Gasteiger partial charge < -0.3 is 29.3 Å². The maximum atomic E-state index is 12.4. The molecule has 0 aromatic carbocycles. The summed E-state index contributed by atoms with van der Waals surface area (Å²) in [6, 6.07) is 0.204. The largest absolute Gasteiger partial charge is 0.442 e. The highest BCUT2D eigenvalue weighted by Crippen LogP contribution is 2.46. The zero-order valence-electron chi connectivity index (χ0n) is 24.6. The van der Waals surface area contributed by atoms with Crippen LogP contribution in [0.15, 0.2) is 36.0 Å². The molecule has 4 rings (SSSR count). The van der Waals surface area contributed by atoms with Crippen LogP contribution in [0.1, 0.15) is 72.6 Å². The van der Waals surface area contributed by atoms with Crippen LogP contribution in [0.2, 0.25) is 0 Å². The average Bonchev–Trinajstić information content (AvgIpc) is 3.62. The van der Waals surface area contributed by atoms with Crippen molar-refractivity contribution in [3.05, 3.63) is 36.0 Å². The van der Waals surface area contributed by atoms with E-state index in [1.54, 1.807) is 17.9 Å². The summed E-state index contributed by atoms with van der Waals surface area (Å²) >= 11 is 0. The fourth-order valence-electron chi connectivity index (χ4n) is 6.09. The van der Waals surface area contributed by atoms with Crippen LogP contribution >= 0.6 is 0 Å². The molecule has 0 radical (unpaired) electrons. The minimum atomic E-state index is -0.443. The molecule has 8 nitrogen and oxygen atoms in total. The van der Waals surface area contributed by atoms with Crippen molar-refractivity contribution >= 4 is 12.0 Å². The van der Waals surface area contributed by atoms with Gasteiger partial charge in [0.25, 0.3) is 0 Å². The van der Waals surface area contributed by atoms with Crippen molar-refractivity contribution in [2.24, 2.45) is 5.92 Å². The number of ether oxygens (including phenoxy) is 3. The Labute approximate surface area is 234 Å². The summed E-state index contributed by atoms with van der Waals surface area (Å²) in [4.78, 5) is 28.6. The van der Waals surface area contributed by atoms with Crippen LogP contribution in [-0.2, 0) is 19.0 Å². The Kier molecular flexibility index (Phi) is 9.94. The molecule has 4 fully saturated rings. The Morgan fingerprint density at radius 1 is 1.10 bits per heavy atom. The maximum Gasteiger partial charge on any atom is 0.410 e. The van der Waals surface area contributed by atoms with E-state index >= 15 is 0 Å². The molecule has 0 aromatic rings. The molecule has 8 heteroatoms. The van der Waals surface area contributed by atoms with Gasteiger partial charge in [0.15, 0.2) is 0 Å². The number of amides is 2. The fraction of sp³-hybridized carbons (Fsp3) is 0.742. The van der Waals surface area contributed by atoms with Gasteiger partial charge in [0.2, 0.25) is 5.91 Å². The summed E-state index contributed by atoms with van der Waals surface area (Å²) in [5, 5.41) is 3.12. The molecular weight excluding hydrogens is 494 g/mol. The standard InChI is InChI=1S/C31H49N3O5/c1-23(7-14-27-20-31(22-37-31)21-30(3,4)39-27)6-9-25-10-12-26(13-11-25)32-28(35)15-8-24(2)38-29(36)34-18-16-33(5)17-19-34/h6-8,14-15,24-27H,9-13,16-22H2,1-5H3,(H,32,35)/b14-7+,15-8-,23-6+/t24-,25?,26?,27+,31+/m0/s1. The number of hydrogen-bond acceptors (Lipinski definition) is 6. The quantitative estimate of drug-likeness (QED) is 0.274. The zero-order chi connectivity index (χ0) is 28.0. The minimum absolute atomic E-state index is 0.0495. The molecule has 1 aliphatic carbocycles. The lowest BCUT2D eigenvalue weighted by molar-refractivity contribution is -0.117. The van der Waals surface area contributed by atoms with Crippen LogP contribution < -0.4 is 5.32 Å². The van der Waals surface area contributed by atoms with Gasteiger partial charge in [-0.3, -0.25) is 4.79 Å². The van der Waals surface area contributed by atoms with Gasteiger partial charge in [-0.2, -0.15) is 0 Å².